The van der Waals surface area contributed by atoms with Gasteiger partial charge in [-0.1, -0.05) is 30.7 Å². The van der Waals surface area contributed by atoms with Crippen LogP contribution in [0.4, 0.5) is 14.5 Å². The average molecular weight is 538 g/mol. The third-order valence-corrected chi connectivity index (χ3v) is 7.30. The van der Waals surface area contributed by atoms with Crippen LogP contribution in [0.1, 0.15) is 47.9 Å². The normalized spacial score (nSPS) is 19.2. The fourth-order valence-corrected chi connectivity index (χ4v) is 5.04. The van der Waals surface area contributed by atoms with Gasteiger partial charge in [-0.05, 0) is 80.6 Å². The summed E-state index contributed by atoms with van der Waals surface area (Å²) in [6.45, 7) is 4.62. The first-order valence-corrected chi connectivity index (χ1v) is 13.3. The zero-order valence-electron chi connectivity index (χ0n) is 21.2. The van der Waals surface area contributed by atoms with Crippen LogP contribution in [0, 0.1) is 17.6 Å². The predicted molar refractivity (Wildman–Crippen MR) is 148 cm³/mol. The van der Waals surface area contributed by atoms with Crippen molar-refractivity contribution in [1.29, 1.82) is 0 Å². The number of anilines is 1. The highest BCUT2D eigenvalue weighted by molar-refractivity contribution is 6.30. The molecule has 1 atom stereocenters. The Hall–Kier alpha value is -3.49. The molecule has 2 aliphatic rings. The van der Waals surface area contributed by atoms with Crippen LogP contribution in [0.15, 0.2) is 48.7 Å². The van der Waals surface area contributed by atoms with Crippen LogP contribution < -0.4 is 16.0 Å². The summed E-state index contributed by atoms with van der Waals surface area (Å²) in [6, 6.07) is 8.49. The summed E-state index contributed by atoms with van der Waals surface area (Å²) in [7, 11) is 0. The van der Waals surface area contributed by atoms with Gasteiger partial charge < -0.3 is 16.0 Å². The Labute approximate surface area is 225 Å². The van der Waals surface area contributed by atoms with Crippen molar-refractivity contribution in [3.8, 4) is 11.3 Å². The maximum absolute atomic E-state index is 14.8. The summed E-state index contributed by atoms with van der Waals surface area (Å²) in [5.74, 6) is -1.13. The molecule has 5 rings (SSSR count). The van der Waals surface area contributed by atoms with E-state index < -0.39 is 11.6 Å². The number of carbonyl (C=O) groups is 1. The Morgan fingerprint density at radius 2 is 2.08 bits per heavy atom. The lowest BCUT2D eigenvalue weighted by Crippen LogP contribution is -2.30. The molecular weight excluding hydrogens is 508 g/mol. The predicted octanol–water partition coefficient (Wildman–Crippen LogP) is 6.10. The minimum Gasteiger partial charge on any atom is -0.353 e. The van der Waals surface area contributed by atoms with Gasteiger partial charge in [0.15, 0.2) is 17.5 Å². The van der Waals surface area contributed by atoms with Crippen LogP contribution in [-0.2, 0) is 6.42 Å². The monoisotopic (exact) mass is 537 g/mol. The van der Waals surface area contributed by atoms with Gasteiger partial charge in [0.1, 0.15) is 0 Å². The minimum absolute atomic E-state index is 0.0620. The van der Waals surface area contributed by atoms with E-state index in [0.29, 0.717) is 36.0 Å². The number of nitrogens with one attached hydrogen (secondary N) is 3. The summed E-state index contributed by atoms with van der Waals surface area (Å²) >= 11 is 5.76. The van der Waals surface area contributed by atoms with Crippen molar-refractivity contribution < 1.29 is 13.6 Å². The number of fused-ring (bicyclic) bond motifs is 1. The van der Waals surface area contributed by atoms with E-state index in [2.05, 4.69) is 20.9 Å². The Kier molecular flexibility index (Phi) is 7.90. The highest BCUT2D eigenvalue weighted by Gasteiger charge is 2.21. The molecule has 2 aromatic carbocycles. The fourth-order valence-electron chi connectivity index (χ4n) is 4.90. The lowest BCUT2D eigenvalue weighted by atomic mass is 10.0. The van der Waals surface area contributed by atoms with Crippen LogP contribution in [-0.4, -0.2) is 35.1 Å². The zero-order chi connectivity index (χ0) is 26.6. The maximum Gasteiger partial charge on any atom is 0.251 e. The van der Waals surface area contributed by atoms with Crippen LogP contribution in [0.5, 0.6) is 0 Å². The van der Waals surface area contributed by atoms with Gasteiger partial charge >= 0.3 is 0 Å². The summed E-state index contributed by atoms with van der Waals surface area (Å²) in [4.78, 5) is 17.4. The zero-order valence-corrected chi connectivity index (χ0v) is 21.9. The van der Waals surface area contributed by atoms with Gasteiger partial charge in [-0.15, -0.1) is 0 Å². The number of benzene rings is 2. The van der Waals surface area contributed by atoms with Gasteiger partial charge in [0.05, 0.1) is 22.6 Å². The van der Waals surface area contributed by atoms with Gasteiger partial charge in [0, 0.05) is 29.6 Å². The molecule has 38 heavy (non-hydrogen) atoms. The number of rotatable bonds is 7. The van der Waals surface area contributed by atoms with Gasteiger partial charge in [0.2, 0.25) is 0 Å². The van der Waals surface area contributed by atoms with Crippen molar-refractivity contribution in [2.75, 3.05) is 25.0 Å². The molecule has 1 saturated heterocycles. The highest BCUT2D eigenvalue weighted by Crippen LogP contribution is 2.32. The Balaban J connectivity index is 1.41. The molecule has 1 aromatic heterocycles. The molecule has 6 nitrogen and oxygen atoms in total. The molecule has 3 heterocycles. The molecule has 3 N–H and O–H groups in total. The van der Waals surface area contributed by atoms with Gasteiger partial charge in [-0.2, -0.15) is 0 Å². The van der Waals surface area contributed by atoms with E-state index in [-0.39, 0.29) is 16.5 Å². The van der Waals surface area contributed by atoms with E-state index in [0.717, 1.165) is 49.3 Å². The van der Waals surface area contributed by atoms with Crippen LogP contribution in [0.2, 0.25) is 5.02 Å². The van der Waals surface area contributed by atoms with Gasteiger partial charge in [-0.25, -0.2) is 13.8 Å². The van der Waals surface area contributed by atoms with Crippen molar-refractivity contribution in [2.45, 2.75) is 32.6 Å². The molecule has 0 spiro atoms. The highest BCUT2D eigenvalue weighted by atomic mass is 35.5. The van der Waals surface area contributed by atoms with E-state index in [4.69, 9.17) is 11.6 Å². The van der Waals surface area contributed by atoms with E-state index in [1.165, 1.54) is 18.3 Å². The average Bonchev–Trinajstić information content (AvgIpc) is 3.58. The lowest BCUT2D eigenvalue weighted by Gasteiger charge is -2.17. The first-order chi connectivity index (χ1) is 18.5. The summed E-state index contributed by atoms with van der Waals surface area (Å²) in [5.41, 5.74) is 3.65. The van der Waals surface area contributed by atoms with Crippen molar-refractivity contribution >= 4 is 35.1 Å². The van der Waals surface area contributed by atoms with E-state index >= 15 is 0 Å². The van der Waals surface area contributed by atoms with Crippen LogP contribution in [0.25, 0.3) is 23.2 Å². The third-order valence-electron chi connectivity index (χ3n) is 7.01. The summed E-state index contributed by atoms with van der Waals surface area (Å²) in [5, 5.41) is 9.57. The lowest BCUT2D eigenvalue weighted by molar-refractivity contribution is 0.0947. The largest absolute Gasteiger partial charge is 0.353 e. The number of amides is 1. The second-order valence-electron chi connectivity index (χ2n) is 9.56. The Morgan fingerprint density at radius 1 is 1.21 bits per heavy atom. The minimum atomic E-state index is -1.08. The molecule has 9 heteroatoms. The molecule has 0 radical (unpaired) electrons. The van der Waals surface area contributed by atoms with E-state index in [9.17, 15) is 13.6 Å². The van der Waals surface area contributed by atoms with E-state index in [1.54, 1.807) is 4.57 Å². The number of carbonyl (C=O) groups excluding carboxylic acids is 1. The number of hydrogen-bond acceptors (Lipinski definition) is 4. The molecule has 1 fully saturated rings. The number of halogens is 3. The van der Waals surface area contributed by atoms with Crippen molar-refractivity contribution in [2.24, 2.45) is 5.92 Å². The first kappa shape index (κ1) is 26.1. The number of allylic oxidation sites excluding steroid dienone is 2. The quantitative estimate of drug-likeness (QED) is 0.318. The molecule has 2 aliphatic heterocycles. The number of aryl methyl sites for hydroxylation is 1. The number of hydrogen-bond donors (Lipinski definition) is 3. The molecule has 3 aromatic rings. The second kappa shape index (κ2) is 11.5. The van der Waals surface area contributed by atoms with Crippen LogP contribution in [0.3, 0.4) is 0 Å². The van der Waals surface area contributed by atoms with Gasteiger partial charge in [-0.3, -0.25) is 9.36 Å². The number of aromatic nitrogens is 2. The SMILES string of the molecule is CCc1cc(N/C2=C/CC/C=C\n3c(-c4ccc(Cl)c(F)c4F)cnc32)ccc1C(=O)NCC1CCNC1. The molecule has 1 unspecified atom stereocenters. The standard InChI is InChI=1S/C29H30ClF2N5O/c1-2-19-14-20(7-8-21(19)29(38)35-16-18-11-12-33-15-18)36-24-6-4-3-5-13-37-25(17-34-28(24)37)22-9-10-23(30)27(32)26(22)31/h5-10,13-14,17-18,33,36H,2-4,11-12,15-16H2,1H3,(H,35,38)/b13-5-,24-6+. The van der Waals surface area contributed by atoms with Crippen LogP contribution >= 0.6 is 11.6 Å². The molecule has 0 bridgehead atoms. The summed E-state index contributed by atoms with van der Waals surface area (Å²) in [6.07, 6.45) is 10.7. The van der Waals surface area contributed by atoms with Crippen molar-refractivity contribution in [3.05, 3.63) is 82.3 Å². The molecule has 198 valence electrons. The maximum atomic E-state index is 14.8. The number of imidazole rings is 1. The second-order valence-corrected chi connectivity index (χ2v) is 9.97. The molecule has 0 saturated carbocycles. The molecular formula is C29H30ClF2N5O. The first-order valence-electron chi connectivity index (χ1n) is 12.9. The number of nitrogens with zero attached hydrogens (tertiary/aromatic N) is 2. The smallest absolute Gasteiger partial charge is 0.251 e. The van der Waals surface area contributed by atoms with Crippen molar-refractivity contribution in [1.82, 2.24) is 20.2 Å². The third kappa shape index (κ3) is 5.37. The Morgan fingerprint density at radius 3 is 2.87 bits per heavy atom. The fraction of sp³-hybridized carbons (Fsp3) is 0.310. The molecule has 1 amide bonds. The summed E-state index contributed by atoms with van der Waals surface area (Å²) < 4.78 is 30.7. The van der Waals surface area contributed by atoms with Crippen molar-refractivity contribution in [3.63, 3.8) is 0 Å². The molecule has 0 aliphatic carbocycles. The Bertz CT molecular complexity index is 1410. The van der Waals surface area contributed by atoms with E-state index in [1.807, 2.05) is 43.5 Å². The topological polar surface area (TPSA) is 71.0 Å². The van der Waals surface area contributed by atoms with Gasteiger partial charge in [0.25, 0.3) is 5.91 Å².